The number of unbranched alkanes of at least 4 members (excludes halogenated alkanes) is 1. The van der Waals surface area contributed by atoms with Crippen molar-refractivity contribution in [2.24, 2.45) is 5.73 Å². The summed E-state index contributed by atoms with van der Waals surface area (Å²) in [4.78, 5) is 9.56. The number of halogens is 1. The number of aryl methyl sites for hydroxylation is 1. The molecule has 1 aromatic rings. The predicted octanol–water partition coefficient (Wildman–Crippen LogP) is 1.46. The fourth-order valence-corrected chi connectivity index (χ4v) is 4.27. The van der Waals surface area contributed by atoms with Crippen molar-refractivity contribution in [3.05, 3.63) is 29.8 Å². The predicted molar refractivity (Wildman–Crippen MR) is 85.5 cm³/mol. The van der Waals surface area contributed by atoms with Crippen molar-refractivity contribution in [1.82, 2.24) is 5.32 Å². The van der Waals surface area contributed by atoms with E-state index in [0.29, 0.717) is 19.4 Å². The van der Waals surface area contributed by atoms with Crippen LogP contribution in [0.2, 0.25) is 0 Å². The fourth-order valence-electron chi connectivity index (χ4n) is 2.16. The maximum absolute atomic E-state index is 12.9. The van der Waals surface area contributed by atoms with Crippen LogP contribution in [-0.4, -0.2) is 36.9 Å². The van der Waals surface area contributed by atoms with E-state index in [-0.39, 0.29) is 17.3 Å². The highest BCUT2D eigenvalue weighted by atomic mass is 35.5. The molecule has 0 saturated heterocycles. The van der Waals surface area contributed by atoms with Crippen LogP contribution in [-0.2, 0) is 14.6 Å². The van der Waals surface area contributed by atoms with Gasteiger partial charge in [0, 0.05) is 0 Å². The van der Waals surface area contributed by atoms with Crippen LogP contribution in [0.1, 0.15) is 24.8 Å². The largest absolute Gasteiger partial charge is 0.479 e. The smallest absolute Gasteiger partial charge is 0.340 e. The highest BCUT2D eigenvalue weighted by Gasteiger charge is 2.50. The van der Waals surface area contributed by atoms with E-state index in [9.17, 15) is 18.3 Å². The third-order valence-electron chi connectivity index (χ3n) is 3.47. The first-order valence-electron chi connectivity index (χ1n) is 6.87. The summed E-state index contributed by atoms with van der Waals surface area (Å²) in [6.07, 6.45) is 0.780. The normalized spacial score (nSPS) is 14.5. The minimum absolute atomic E-state index is 0.0501. The Morgan fingerprint density at radius 1 is 1.32 bits per heavy atom. The second-order valence-corrected chi connectivity index (χ2v) is 7.45. The van der Waals surface area contributed by atoms with Crippen LogP contribution in [0.3, 0.4) is 0 Å². The number of carboxylic acids is 1. The minimum atomic E-state index is -4.16. The number of benzene rings is 1. The van der Waals surface area contributed by atoms with E-state index in [1.165, 1.54) is 12.1 Å². The molecule has 1 rings (SSSR count). The number of carbonyl (C=O) groups is 1. The zero-order valence-electron chi connectivity index (χ0n) is 12.4. The highest BCUT2D eigenvalue weighted by molar-refractivity contribution is 7.93. The van der Waals surface area contributed by atoms with E-state index in [1.807, 2.05) is 6.92 Å². The Labute approximate surface area is 135 Å². The summed E-state index contributed by atoms with van der Waals surface area (Å²) in [5.74, 6) is -1.47. The van der Waals surface area contributed by atoms with Gasteiger partial charge in [-0.25, -0.2) is 13.2 Å². The molecule has 0 fully saturated rings. The molecule has 0 aliphatic heterocycles. The molecular weight excluding hydrogens is 328 g/mol. The van der Waals surface area contributed by atoms with E-state index in [4.69, 9.17) is 17.3 Å². The van der Waals surface area contributed by atoms with Gasteiger partial charge in [0.1, 0.15) is 0 Å². The number of hydrogen-bond donors (Lipinski definition) is 3. The molecule has 0 amide bonds. The van der Waals surface area contributed by atoms with Crippen LogP contribution in [0.15, 0.2) is 29.2 Å². The SMILES string of the molecule is Cc1ccc(S(=O)(=O)[C@@](CCCCN)(NCCl)C(=O)O)cc1. The zero-order valence-corrected chi connectivity index (χ0v) is 14.0. The molecule has 0 heterocycles. The zero-order chi connectivity index (χ0) is 16.8. The molecule has 0 radical (unpaired) electrons. The summed E-state index contributed by atoms with van der Waals surface area (Å²) in [6, 6.07) is 5.77. The maximum atomic E-state index is 12.9. The first kappa shape index (κ1) is 18.9. The van der Waals surface area contributed by atoms with Crippen molar-refractivity contribution in [2.45, 2.75) is 36.0 Å². The number of aliphatic carboxylic acids is 1. The lowest BCUT2D eigenvalue weighted by atomic mass is 10.1. The van der Waals surface area contributed by atoms with Gasteiger partial charge in [-0.3, -0.25) is 5.32 Å². The van der Waals surface area contributed by atoms with Gasteiger partial charge in [-0.05, 0) is 44.9 Å². The molecule has 4 N–H and O–H groups in total. The lowest BCUT2D eigenvalue weighted by Gasteiger charge is -2.29. The third kappa shape index (κ3) is 3.78. The molecular formula is C14H21ClN2O4S. The number of carboxylic acid groups (broad SMARTS) is 1. The average molecular weight is 349 g/mol. The first-order valence-corrected chi connectivity index (χ1v) is 8.89. The van der Waals surface area contributed by atoms with Crippen molar-refractivity contribution >= 4 is 27.4 Å². The molecule has 0 spiro atoms. The maximum Gasteiger partial charge on any atom is 0.340 e. The second kappa shape index (κ2) is 7.92. The Bertz CT molecular complexity index is 604. The quantitative estimate of drug-likeness (QED) is 0.354. The second-order valence-electron chi connectivity index (χ2n) is 5.00. The lowest BCUT2D eigenvalue weighted by molar-refractivity contribution is -0.141. The van der Waals surface area contributed by atoms with Crippen molar-refractivity contribution in [1.29, 1.82) is 0 Å². The monoisotopic (exact) mass is 348 g/mol. The Hall–Kier alpha value is -1.15. The van der Waals surface area contributed by atoms with Crippen LogP contribution in [0, 0.1) is 6.92 Å². The van der Waals surface area contributed by atoms with Crippen LogP contribution in [0.5, 0.6) is 0 Å². The van der Waals surface area contributed by atoms with Crippen LogP contribution in [0.4, 0.5) is 0 Å². The average Bonchev–Trinajstić information content (AvgIpc) is 2.46. The number of hydrogen-bond acceptors (Lipinski definition) is 5. The van der Waals surface area contributed by atoms with Gasteiger partial charge in [-0.2, -0.15) is 0 Å². The number of sulfone groups is 1. The number of alkyl halides is 1. The van der Waals surface area contributed by atoms with E-state index >= 15 is 0 Å². The van der Waals surface area contributed by atoms with Crippen molar-refractivity contribution in [3.8, 4) is 0 Å². The summed E-state index contributed by atoms with van der Waals surface area (Å²) in [5, 5.41) is 12.0. The first-order chi connectivity index (χ1) is 10.3. The van der Waals surface area contributed by atoms with Gasteiger partial charge in [-0.1, -0.05) is 17.7 Å². The van der Waals surface area contributed by atoms with Gasteiger partial charge in [0.25, 0.3) is 0 Å². The van der Waals surface area contributed by atoms with E-state index < -0.39 is 20.7 Å². The van der Waals surface area contributed by atoms with Crippen LogP contribution >= 0.6 is 11.6 Å². The van der Waals surface area contributed by atoms with Gasteiger partial charge in [0.05, 0.1) is 10.9 Å². The van der Waals surface area contributed by atoms with E-state index in [1.54, 1.807) is 12.1 Å². The summed E-state index contributed by atoms with van der Waals surface area (Å²) in [5.41, 5.74) is 6.28. The summed E-state index contributed by atoms with van der Waals surface area (Å²) in [7, 11) is -4.16. The number of nitrogens with one attached hydrogen (secondary N) is 1. The molecule has 0 aliphatic rings. The molecule has 1 aromatic carbocycles. The van der Waals surface area contributed by atoms with E-state index in [2.05, 4.69) is 5.32 Å². The lowest BCUT2D eigenvalue weighted by Crippen LogP contribution is -2.57. The van der Waals surface area contributed by atoms with Gasteiger partial charge < -0.3 is 10.8 Å². The number of nitrogens with two attached hydrogens (primary N) is 1. The molecule has 124 valence electrons. The molecule has 0 bridgehead atoms. The Balaban J connectivity index is 3.33. The van der Waals surface area contributed by atoms with Crippen LogP contribution < -0.4 is 11.1 Å². The fraction of sp³-hybridized carbons (Fsp3) is 0.500. The Morgan fingerprint density at radius 2 is 1.91 bits per heavy atom. The van der Waals surface area contributed by atoms with Crippen LogP contribution in [0.25, 0.3) is 0 Å². The molecule has 8 heteroatoms. The van der Waals surface area contributed by atoms with Gasteiger partial charge in [-0.15, -0.1) is 11.6 Å². The molecule has 22 heavy (non-hydrogen) atoms. The molecule has 0 unspecified atom stereocenters. The van der Waals surface area contributed by atoms with E-state index in [0.717, 1.165) is 5.56 Å². The third-order valence-corrected chi connectivity index (χ3v) is 5.94. The standard InChI is InChI=1S/C14H21ClN2O4S/c1-11-4-6-12(7-5-11)22(20,21)14(13(18)19,17-10-15)8-2-3-9-16/h4-7,17H,2-3,8-10,16H2,1H3,(H,18,19)/t14-/m1/s1. The van der Waals surface area contributed by atoms with Gasteiger partial charge in [0.2, 0.25) is 14.7 Å². The molecule has 0 aromatic heterocycles. The van der Waals surface area contributed by atoms with Gasteiger partial charge in [0.15, 0.2) is 0 Å². The summed E-state index contributed by atoms with van der Waals surface area (Å²) < 4.78 is 25.7. The van der Waals surface area contributed by atoms with Crippen molar-refractivity contribution in [3.63, 3.8) is 0 Å². The summed E-state index contributed by atoms with van der Waals surface area (Å²) in [6.45, 7) is 2.18. The molecule has 6 nitrogen and oxygen atoms in total. The molecule has 0 aliphatic carbocycles. The summed E-state index contributed by atoms with van der Waals surface area (Å²) >= 11 is 5.60. The van der Waals surface area contributed by atoms with Gasteiger partial charge >= 0.3 is 5.97 Å². The highest BCUT2D eigenvalue weighted by Crippen LogP contribution is 2.29. The Morgan fingerprint density at radius 3 is 2.36 bits per heavy atom. The molecule has 0 saturated carbocycles. The van der Waals surface area contributed by atoms with Crippen molar-refractivity contribution < 1.29 is 18.3 Å². The Kier molecular flexibility index (Phi) is 6.80. The topological polar surface area (TPSA) is 109 Å². The molecule has 1 atom stereocenters. The van der Waals surface area contributed by atoms with Crippen molar-refractivity contribution in [2.75, 3.05) is 12.5 Å². The number of rotatable bonds is 9. The minimum Gasteiger partial charge on any atom is -0.479 e.